The minimum atomic E-state index is -2.24. The van der Waals surface area contributed by atoms with Gasteiger partial charge in [0.25, 0.3) is 0 Å². The standard InChI is InChI=1S/C7H21Ge3O2/c1-8(2)11-10(6,7)12-9(3,4)5/h1-7H3. The molecule has 12 heavy (non-hydrogen) atoms. The molecule has 0 unspecified atom stereocenters. The molecule has 0 N–H and O–H groups in total. The summed E-state index contributed by atoms with van der Waals surface area (Å²) in [5.74, 6) is 15.8. The summed E-state index contributed by atoms with van der Waals surface area (Å²) >= 11 is -5.22. The SMILES string of the molecule is [CH3][Ge]([CH3])[O][Ge]([CH3])([CH3])[O][Ge]([CH3])([CH3])[CH3]. The van der Waals surface area contributed by atoms with Crippen LogP contribution in [0.1, 0.15) is 0 Å². The molecule has 0 atom stereocenters. The van der Waals surface area contributed by atoms with Crippen LogP contribution in [0.3, 0.4) is 0 Å². The fourth-order valence-electron chi connectivity index (χ4n) is 1.25. The first kappa shape index (κ1) is 13.5. The second kappa shape index (κ2) is 4.86. The van der Waals surface area contributed by atoms with Crippen molar-refractivity contribution >= 4 is 42.2 Å². The van der Waals surface area contributed by atoms with Crippen LogP contribution in [-0.2, 0) is 5.58 Å². The van der Waals surface area contributed by atoms with Gasteiger partial charge in [0.2, 0.25) is 0 Å². The van der Waals surface area contributed by atoms with Crippen molar-refractivity contribution in [2.45, 2.75) is 40.3 Å². The average molecular weight is 355 g/mol. The Balaban J connectivity index is 4.04. The van der Waals surface area contributed by atoms with Gasteiger partial charge >= 0.3 is 88.1 Å². The molecule has 5 heteroatoms. The Labute approximate surface area is 87.6 Å². The molecule has 0 aliphatic carbocycles. The summed E-state index contributed by atoms with van der Waals surface area (Å²) in [6.07, 6.45) is 0. The average Bonchev–Trinajstić information content (AvgIpc) is 1.48. The van der Waals surface area contributed by atoms with Gasteiger partial charge in [-0.3, -0.25) is 0 Å². The van der Waals surface area contributed by atoms with Crippen molar-refractivity contribution in [1.82, 2.24) is 0 Å². The van der Waals surface area contributed by atoms with Crippen molar-refractivity contribution < 1.29 is 5.58 Å². The molecule has 0 saturated carbocycles. The Morgan fingerprint density at radius 2 is 1.33 bits per heavy atom. The van der Waals surface area contributed by atoms with Crippen LogP contribution in [-0.4, -0.2) is 42.2 Å². The predicted octanol–water partition coefficient (Wildman–Crippen LogP) is 2.81. The van der Waals surface area contributed by atoms with E-state index in [9.17, 15) is 0 Å². The Morgan fingerprint density at radius 3 is 1.58 bits per heavy atom. The zero-order valence-corrected chi connectivity index (χ0v) is 15.6. The van der Waals surface area contributed by atoms with E-state index < -0.39 is 42.2 Å². The molecule has 0 bridgehead atoms. The van der Waals surface area contributed by atoms with Crippen molar-refractivity contribution in [1.29, 1.82) is 0 Å². The molecule has 0 rings (SSSR count). The molecule has 0 aliphatic rings. The van der Waals surface area contributed by atoms with Gasteiger partial charge in [-0.1, -0.05) is 0 Å². The second-order valence-electron chi connectivity index (χ2n) is 4.62. The Hall–Kier alpha value is 1.55. The van der Waals surface area contributed by atoms with Crippen LogP contribution in [0.5, 0.6) is 0 Å². The molecule has 2 nitrogen and oxygen atoms in total. The quantitative estimate of drug-likeness (QED) is 0.723. The molecular formula is C7H21Ge3O2. The van der Waals surface area contributed by atoms with E-state index in [1.54, 1.807) is 0 Å². The molecule has 0 fully saturated rings. The molecule has 0 aromatic carbocycles. The van der Waals surface area contributed by atoms with Gasteiger partial charge in [0, 0.05) is 0 Å². The van der Waals surface area contributed by atoms with Crippen LogP contribution < -0.4 is 0 Å². The Kier molecular flexibility index (Phi) is 5.49. The van der Waals surface area contributed by atoms with E-state index in [4.69, 9.17) is 5.58 Å². The fourth-order valence-corrected chi connectivity index (χ4v) is 36.1. The molecular weight excluding hydrogens is 334 g/mol. The summed E-state index contributed by atoms with van der Waals surface area (Å²) in [6, 6.07) is 0. The summed E-state index contributed by atoms with van der Waals surface area (Å²) < 4.78 is 12.1. The maximum absolute atomic E-state index is 6.13. The van der Waals surface area contributed by atoms with Crippen molar-refractivity contribution in [3.8, 4) is 0 Å². The van der Waals surface area contributed by atoms with Crippen LogP contribution in [0.25, 0.3) is 0 Å². The minimum absolute atomic E-state index is 1.14. The van der Waals surface area contributed by atoms with Gasteiger partial charge in [-0.15, -0.1) is 0 Å². The van der Waals surface area contributed by atoms with Crippen molar-refractivity contribution in [3.05, 3.63) is 0 Å². The molecule has 73 valence electrons. The van der Waals surface area contributed by atoms with Gasteiger partial charge in [0.1, 0.15) is 0 Å². The molecule has 0 heterocycles. The molecule has 0 saturated heterocycles. The normalized spacial score (nSPS) is 14.0. The molecule has 0 aliphatic heterocycles. The third kappa shape index (κ3) is 8.16. The van der Waals surface area contributed by atoms with Crippen molar-refractivity contribution in [2.24, 2.45) is 0 Å². The first-order valence-corrected chi connectivity index (χ1v) is 22.4. The third-order valence-electron chi connectivity index (χ3n) is 1.00. The topological polar surface area (TPSA) is 18.5 Å². The number of hydrogen-bond donors (Lipinski definition) is 0. The van der Waals surface area contributed by atoms with Gasteiger partial charge < -0.3 is 0 Å². The fraction of sp³-hybridized carbons (Fsp3) is 1.00. The van der Waals surface area contributed by atoms with E-state index in [1.807, 2.05) is 0 Å². The summed E-state index contributed by atoms with van der Waals surface area (Å²) in [5, 5.41) is 0. The monoisotopic (exact) mass is 359 g/mol. The van der Waals surface area contributed by atoms with E-state index in [0.29, 0.717) is 0 Å². The van der Waals surface area contributed by atoms with Gasteiger partial charge in [-0.05, 0) is 0 Å². The van der Waals surface area contributed by atoms with Gasteiger partial charge in [-0.2, -0.15) is 0 Å². The summed E-state index contributed by atoms with van der Waals surface area (Å²) in [6.45, 7) is 0. The number of rotatable bonds is 4. The summed E-state index contributed by atoms with van der Waals surface area (Å²) in [4.78, 5) is 0. The summed E-state index contributed by atoms with van der Waals surface area (Å²) in [7, 11) is 0. The van der Waals surface area contributed by atoms with Gasteiger partial charge in [-0.25, -0.2) is 0 Å². The Bertz CT molecular complexity index is 140. The van der Waals surface area contributed by atoms with Gasteiger partial charge in [0.05, 0.1) is 0 Å². The van der Waals surface area contributed by atoms with E-state index in [2.05, 4.69) is 40.3 Å². The second-order valence-corrected chi connectivity index (χ2v) is 28.5. The zero-order valence-electron chi connectivity index (χ0n) is 9.32. The van der Waals surface area contributed by atoms with Crippen LogP contribution in [0.4, 0.5) is 0 Å². The summed E-state index contributed by atoms with van der Waals surface area (Å²) in [5.41, 5.74) is 0. The van der Waals surface area contributed by atoms with Crippen LogP contribution in [0.15, 0.2) is 0 Å². The third-order valence-corrected chi connectivity index (χ3v) is 27.1. The molecule has 0 aromatic rings. The first-order chi connectivity index (χ1) is 5.12. The van der Waals surface area contributed by atoms with Crippen LogP contribution >= 0.6 is 0 Å². The molecule has 1 radical (unpaired) electrons. The molecule has 0 amide bonds. The zero-order chi connectivity index (χ0) is 9.99. The Morgan fingerprint density at radius 1 is 0.917 bits per heavy atom. The van der Waals surface area contributed by atoms with E-state index in [0.717, 1.165) is 0 Å². The van der Waals surface area contributed by atoms with E-state index >= 15 is 0 Å². The first-order valence-electron chi connectivity index (χ1n) is 4.32. The van der Waals surface area contributed by atoms with E-state index in [1.165, 1.54) is 0 Å². The van der Waals surface area contributed by atoms with Crippen molar-refractivity contribution in [3.63, 3.8) is 0 Å². The number of hydrogen-bond acceptors (Lipinski definition) is 2. The molecule has 0 aromatic heterocycles. The van der Waals surface area contributed by atoms with Crippen LogP contribution in [0.2, 0.25) is 40.3 Å². The van der Waals surface area contributed by atoms with Gasteiger partial charge in [0.15, 0.2) is 0 Å². The molecule has 0 spiro atoms. The predicted molar refractivity (Wildman–Crippen MR) is 60.5 cm³/mol. The van der Waals surface area contributed by atoms with Crippen molar-refractivity contribution in [2.75, 3.05) is 0 Å². The van der Waals surface area contributed by atoms with Crippen LogP contribution in [0, 0.1) is 0 Å². The van der Waals surface area contributed by atoms with E-state index in [-0.39, 0.29) is 0 Å². The maximum atomic E-state index is 6.13.